The standard InChI is InChI=1S/C14H15BrN2O3/c1-8(2)17-7-11(14(18)19)13(16-17)10-6-9(15)4-5-12(10)20-3/h4-8H,1-3H3,(H,18,19). The van der Waals surface area contributed by atoms with Gasteiger partial charge in [0.15, 0.2) is 0 Å². The van der Waals surface area contributed by atoms with Gasteiger partial charge in [-0.3, -0.25) is 4.68 Å². The number of methoxy groups -OCH3 is 1. The molecule has 1 heterocycles. The van der Waals surface area contributed by atoms with Crippen LogP contribution in [0.15, 0.2) is 28.9 Å². The fourth-order valence-electron chi connectivity index (χ4n) is 1.88. The van der Waals surface area contributed by atoms with Crippen LogP contribution in [0.25, 0.3) is 11.3 Å². The van der Waals surface area contributed by atoms with E-state index < -0.39 is 5.97 Å². The Bertz CT molecular complexity index is 650. The molecule has 0 radical (unpaired) electrons. The predicted molar refractivity (Wildman–Crippen MR) is 79.3 cm³/mol. The highest BCUT2D eigenvalue weighted by molar-refractivity contribution is 9.10. The summed E-state index contributed by atoms with van der Waals surface area (Å²) in [7, 11) is 1.55. The van der Waals surface area contributed by atoms with Crippen LogP contribution >= 0.6 is 15.9 Å². The Labute approximate surface area is 125 Å². The van der Waals surface area contributed by atoms with E-state index in [9.17, 15) is 9.90 Å². The second-order valence-electron chi connectivity index (χ2n) is 4.61. The Morgan fingerprint density at radius 1 is 1.45 bits per heavy atom. The number of halogens is 1. The maximum absolute atomic E-state index is 11.4. The molecule has 6 heteroatoms. The maximum atomic E-state index is 11.4. The SMILES string of the molecule is COc1ccc(Br)cc1-c1nn(C(C)C)cc1C(=O)O. The van der Waals surface area contributed by atoms with Gasteiger partial charge < -0.3 is 9.84 Å². The van der Waals surface area contributed by atoms with Crippen molar-refractivity contribution < 1.29 is 14.6 Å². The lowest BCUT2D eigenvalue weighted by molar-refractivity contribution is 0.0697. The lowest BCUT2D eigenvalue weighted by Gasteiger charge is -2.08. The van der Waals surface area contributed by atoms with Crippen molar-refractivity contribution in [1.82, 2.24) is 9.78 Å². The Kier molecular flexibility index (Phi) is 4.13. The molecule has 2 rings (SSSR count). The van der Waals surface area contributed by atoms with Crippen LogP contribution in [0.4, 0.5) is 0 Å². The fourth-order valence-corrected chi connectivity index (χ4v) is 2.24. The molecule has 5 nitrogen and oxygen atoms in total. The van der Waals surface area contributed by atoms with E-state index in [2.05, 4.69) is 21.0 Å². The number of rotatable bonds is 4. The number of aromatic carboxylic acids is 1. The number of ether oxygens (including phenoxy) is 1. The van der Waals surface area contributed by atoms with E-state index in [0.717, 1.165) is 4.47 Å². The number of carbonyl (C=O) groups is 1. The van der Waals surface area contributed by atoms with Gasteiger partial charge in [-0.25, -0.2) is 4.79 Å². The molecule has 0 amide bonds. The summed E-state index contributed by atoms with van der Waals surface area (Å²) >= 11 is 3.38. The molecule has 20 heavy (non-hydrogen) atoms. The van der Waals surface area contributed by atoms with Gasteiger partial charge in [0.2, 0.25) is 0 Å². The normalized spacial score (nSPS) is 10.8. The minimum atomic E-state index is -1.01. The average molecular weight is 339 g/mol. The van der Waals surface area contributed by atoms with Crippen LogP contribution in [0, 0.1) is 0 Å². The Balaban J connectivity index is 2.68. The smallest absolute Gasteiger partial charge is 0.339 e. The van der Waals surface area contributed by atoms with Crippen molar-refractivity contribution in [3.8, 4) is 17.0 Å². The third-order valence-electron chi connectivity index (χ3n) is 2.91. The average Bonchev–Trinajstić information content (AvgIpc) is 2.83. The molecular formula is C14H15BrN2O3. The van der Waals surface area contributed by atoms with Gasteiger partial charge >= 0.3 is 5.97 Å². The van der Waals surface area contributed by atoms with Gasteiger partial charge in [-0.15, -0.1) is 0 Å². The van der Waals surface area contributed by atoms with E-state index in [0.29, 0.717) is 17.0 Å². The Morgan fingerprint density at radius 3 is 2.70 bits per heavy atom. The first-order valence-electron chi connectivity index (χ1n) is 6.10. The Hall–Kier alpha value is -1.82. The van der Waals surface area contributed by atoms with Crippen molar-refractivity contribution in [2.24, 2.45) is 0 Å². The molecule has 1 aromatic heterocycles. The zero-order chi connectivity index (χ0) is 14.9. The maximum Gasteiger partial charge on any atom is 0.339 e. The van der Waals surface area contributed by atoms with Crippen molar-refractivity contribution in [2.75, 3.05) is 7.11 Å². The topological polar surface area (TPSA) is 64.4 Å². The second kappa shape index (κ2) is 5.66. The lowest BCUT2D eigenvalue weighted by Crippen LogP contribution is -2.01. The van der Waals surface area contributed by atoms with E-state index in [1.54, 1.807) is 30.1 Å². The number of carboxylic acid groups (broad SMARTS) is 1. The highest BCUT2D eigenvalue weighted by Gasteiger charge is 2.21. The summed E-state index contributed by atoms with van der Waals surface area (Å²) in [6, 6.07) is 5.50. The molecule has 106 valence electrons. The summed E-state index contributed by atoms with van der Waals surface area (Å²) in [5.74, 6) is -0.418. The summed E-state index contributed by atoms with van der Waals surface area (Å²) in [6.07, 6.45) is 1.54. The van der Waals surface area contributed by atoms with E-state index >= 15 is 0 Å². The van der Waals surface area contributed by atoms with Gasteiger partial charge in [0.1, 0.15) is 17.0 Å². The van der Waals surface area contributed by atoms with Gasteiger partial charge in [-0.05, 0) is 32.0 Å². The van der Waals surface area contributed by atoms with Crippen molar-refractivity contribution in [3.63, 3.8) is 0 Å². The fraction of sp³-hybridized carbons (Fsp3) is 0.286. The monoisotopic (exact) mass is 338 g/mol. The Morgan fingerprint density at radius 2 is 2.15 bits per heavy atom. The summed E-state index contributed by atoms with van der Waals surface area (Å²) in [4.78, 5) is 11.4. The van der Waals surface area contributed by atoms with Crippen LogP contribution in [0.2, 0.25) is 0 Å². The van der Waals surface area contributed by atoms with Crippen LogP contribution < -0.4 is 4.74 Å². The molecule has 1 N–H and O–H groups in total. The number of aromatic nitrogens is 2. The number of benzene rings is 1. The minimum absolute atomic E-state index is 0.0833. The van der Waals surface area contributed by atoms with Crippen LogP contribution in [-0.2, 0) is 0 Å². The highest BCUT2D eigenvalue weighted by Crippen LogP contribution is 2.34. The summed E-state index contributed by atoms with van der Waals surface area (Å²) in [5, 5.41) is 13.7. The van der Waals surface area contributed by atoms with Crippen LogP contribution in [0.1, 0.15) is 30.2 Å². The zero-order valence-electron chi connectivity index (χ0n) is 11.4. The number of hydrogen-bond acceptors (Lipinski definition) is 3. The zero-order valence-corrected chi connectivity index (χ0v) is 13.0. The molecule has 1 aromatic carbocycles. The van der Waals surface area contributed by atoms with Crippen molar-refractivity contribution in [2.45, 2.75) is 19.9 Å². The molecule has 0 spiro atoms. The van der Waals surface area contributed by atoms with Gasteiger partial charge in [0, 0.05) is 22.3 Å². The largest absolute Gasteiger partial charge is 0.496 e. The minimum Gasteiger partial charge on any atom is -0.496 e. The third-order valence-corrected chi connectivity index (χ3v) is 3.40. The number of hydrogen-bond donors (Lipinski definition) is 1. The molecule has 0 bridgehead atoms. The van der Waals surface area contributed by atoms with Gasteiger partial charge in [0.25, 0.3) is 0 Å². The van der Waals surface area contributed by atoms with Crippen molar-refractivity contribution >= 4 is 21.9 Å². The summed E-state index contributed by atoms with van der Waals surface area (Å²) in [5.41, 5.74) is 1.22. The van der Waals surface area contributed by atoms with Crippen LogP contribution in [0.5, 0.6) is 5.75 Å². The third kappa shape index (κ3) is 2.70. The molecule has 2 aromatic rings. The molecule has 0 aliphatic heterocycles. The lowest BCUT2D eigenvalue weighted by atomic mass is 10.1. The first-order valence-corrected chi connectivity index (χ1v) is 6.89. The van der Waals surface area contributed by atoms with Crippen LogP contribution in [0.3, 0.4) is 0 Å². The molecule has 0 saturated carbocycles. The molecule has 0 aliphatic carbocycles. The van der Waals surface area contributed by atoms with E-state index in [1.807, 2.05) is 19.9 Å². The van der Waals surface area contributed by atoms with Crippen molar-refractivity contribution in [3.05, 3.63) is 34.4 Å². The van der Waals surface area contributed by atoms with Gasteiger partial charge in [0.05, 0.1) is 7.11 Å². The van der Waals surface area contributed by atoms with E-state index in [4.69, 9.17) is 4.74 Å². The van der Waals surface area contributed by atoms with E-state index in [1.165, 1.54) is 0 Å². The summed E-state index contributed by atoms with van der Waals surface area (Å²) in [6.45, 7) is 3.89. The van der Waals surface area contributed by atoms with Crippen molar-refractivity contribution in [1.29, 1.82) is 0 Å². The predicted octanol–water partition coefficient (Wildman–Crippen LogP) is 3.60. The first-order chi connectivity index (χ1) is 9.43. The highest BCUT2D eigenvalue weighted by atomic mass is 79.9. The second-order valence-corrected chi connectivity index (χ2v) is 5.53. The quantitative estimate of drug-likeness (QED) is 0.924. The molecule has 0 atom stereocenters. The number of nitrogens with zero attached hydrogens (tertiary/aromatic N) is 2. The number of carboxylic acids is 1. The van der Waals surface area contributed by atoms with Gasteiger partial charge in [-0.2, -0.15) is 5.10 Å². The molecule has 0 fully saturated rings. The molecule has 0 unspecified atom stereocenters. The summed E-state index contributed by atoms with van der Waals surface area (Å²) < 4.78 is 7.77. The van der Waals surface area contributed by atoms with Gasteiger partial charge in [-0.1, -0.05) is 15.9 Å². The van der Waals surface area contributed by atoms with Crippen LogP contribution in [-0.4, -0.2) is 28.0 Å². The van der Waals surface area contributed by atoms with E-state index in [-0.39, 0.29) is 11.6 Å². The first kappa shape index (κ1) is 14.6. The molecule has 0 aliphatic rings. The molecular weight excluding hydrogens is 324 g/mol. The molecule has 0 saturated heterocycles.